The van der Waals surface area contributed by atoms with Gasteiger partial charge in [0.2, 0.25) is 0 Å². The summed E-state index contributed by atoms with van der Waals surface area (Å²) in [6, 6.07) is 14.4. The van der Waals surface area contributed by atoms with Gasteiger partial charge in [-0.2, -0.15) is 9.50 Å². The average Bonchev–Trinajstić information content (AvgIpc) is 3.10. The summed E-state index contributed by atoms with van der Waals surface area (Å²) in [7, 11) is 0. The van der Waals surface area contributed by atoms with Gasteiger partial charge >= 0.3 is 0 Å². The van der Waals surface area contributed by atoms with Crippen LogP contribution in [0.4, 0.5) is 0 Å². The van der Waals surface area contributed by atoms with Crippen LogP contribution in [0.15, 0.2) is 53.3 Å². The summed E-state index contributed by atoms with van der Waals surface area (Å²) >= 11 is 12.4. The second-order valence-corrected chi connectivity index (χ2v) is 6.74. The van der Waals surface area contributed by atoms with Crippen molar-refractivity contribution in [3.63, 3.8) is 0 Å². The molecule has 0 fully saturated rings. The molecule has 6 nitrogen and oxygen atoms in total. The minimum absolute atomic E-state index is 0.0438. The molecule has 4 rings (SSSR count). The first-order chi connectivity index (χ1) is 13.0. The number of nitrogens with one attached hydrogen (secondary N) is 1. The molecule has 0 aliphatic carbocycles. The summed E-state index contributed by atoms with van der Waals surface area (Å²) in [5.41, 5.74) is 1.85. The largest absolute Gasteiger partial charge is 0.484 e. The lowest BCUT2D eigenvalue weighted by molar-refractivity contribution is 0.301. The van der Waals surface area contributed by atoms with Gasteiger partial charge in [0.1, 0.15) is 6.61 Å². The van der Waals surface area contributed by atoms with Gasteiger partial charge in [0, 0.05) is 11.6 Å². The van der Waals surface area contributed by atoms with E-state index in [1.165, 1.54) is 10.6 Å². The molecule has 2 aromatic heterocycles. The second-order valence-electron chi connectivity index (χ2n) is 5.96. The number of nitrogens with zero attached hydrogens (tertiary/aromatic N) is 3. The predicted molar refractivity (Wildman–Crippen MR) is 105 cm³/mol. The Kier molecular flexibility index (Phi) is 4.59. The molecule has 0 radical (unpaired) electrons. The Bertz CT molecular complexity index is 1190. The first kappa shape index (κ1) is 17.6. The van der Waals surface area contributed by atoms with Gasteiger partial charge in [-0.05, 0) is 18.6 Å². The van der Waals surface area contributed by atoms with Crippen LogP contribution >= 0.6 is 23.2 Å². The lowest BCUT2D eigenvalue weighted by atomic mass is 10.2. The molecule has 0 atom stereocenters. The quantitative estimate of drug-likeness (QED) is 0.554. The van der Waals surface area contributed by atoms with Crippen molar-refractivity contribution in [2.45, 2.75) is 13.5 Å². The van der Waals surface area contributed by atoms with E-state index < -0.39 is 0 Å². The fourth-order valence-electron chi connectivity index (χ4n) is 2.64. The van der Waals surface area contributed by atoms with Gasteiger partial charge in [-0.1, -0.05) is 59.6 Å². The molecule has 0 bridgehead atoms. The van der Waals surface area contributed by atoms with Crippen molar-refractivity contribution in [2.75, 3.05) is 0 Å². The molecule has 0 amide bonds. The van der Waals surface area contributed by atoms with E-state index in [1.54, 1.807) is 6.07 Å². The predicted octanol–water partition coefficient (Wildman–Crippen LogP) is 4.28. The zero-order valence-corrected chi connectivity index (χ0v) is 15.8. The van der Waals surface area contributed by atoms with Crippen molar-refractivity contribution in [2.24, 2.45) is 0 Å². The summed E-state index contributed by atoms with van der Waals surface area (Å²) in [4.78, 5) is 21.2. The Morgan fingerprint density at radius 1 is 1.11 bits per heavy atom. The molecule has 136 valence electrons. The maximum Gasteiger partial charge on any atom is 0.274 e. The topological polar surface area (TPSA) is 72.3 Å². The zero-order valence-electron chi connectivity index (χ0n) is 14.2. The van der Waals surface area contributed by atoms with Gasteiger partial charge < -0.3 is 4.74 Å². The van der Waals surface area contributed by atoms with Crippen LogP contribution in [-0.4, -0.2) is 19.6 Å². The summed E-state index contributed by atoms with van der Waals surface area (Å²) in [5.74, 6) is 1.19. The monoisotopic (exact) mass is 400 g/mol. The number of halogens is 2. The molecular weight excluding hydrogens is 387 g/mol. The normalized spacial score (nSPS) is 11.1. The Labute approximate surface area is 164 Å². The van der Waals surface area contributed by atoms with E-state index in [1.807, 2.05) is 43.3 Å². The van der Waals surface area contributed by atoms with E-state index in [9.17, 15) is 4.79 Å². The summed E-state index contributed by atoms with van der Waals surface area (Å²) in [5, 5.41) is 3.79. The van der Waals surface area contributed by atoms with Crippen molar-refractivity contribution >= 4 is 29.0 Å². The summed E-state index contributed by atoms with van der Waals surface area (Å²) in [6.45, 7) is 1.90. The molecule has 0 spiro atoms. The van der Waals surface area contributed by atoms with Gasteiger partial charge in [0.05, 0.1) is 15.7 Å². The molecule has 4 aromatic rings. The Morgan fingerprint density at radius 3 is 2.67 bits per heavy atom. The van der Waals surface area contributed by atoms with Crippen molar-refractivity contribution in [3.05, 3.63) is 80.2 Å². The number of H-pyrrole nitrogens is 1. The molecule has 2 heterocycles. The third kappa shape index (κ3) is 3.41. The van der Waals surface area contributed by atoms with Crippen LogP contribution in [0.1, 0.15) is 11.3 Å². The Hall–Kier alpha value is -2.83. The van der Waals surface area contributed by atoms with Crippen molar-refractivity contribution < 1.29 is 4.74 Å². The highest BCUT2D eigenvalue weighted by Gasteiger charge is 2.13. The van der Waals surface area contributed by atoms with Crippen LogP contribution in [0.5, 0.6) is 5.75 Å². The highest BCUT2D eigenvalue weighted by Crippen LogP contribution is 2.35. The van der Waals surface area contributed by atoms with Crippen molar-refractivity contribution in [3.8, 4) is 17.1 Å². The minimum Gasteiger partial charge on any atom is -0.484 e. The maximum absolute atomic E-state index is 12.4. The van der Waals surface area contributed by atoms with E-state index in [0.29, 0.717) is 27.3 Å². The van der Waals surface area contributed by atoms with E-state index in [4.69, 9.17) is 27.9 Å². The number of hydrogen-bond acceptors (Lipinski definition) is 4. The Morgan fingerprint density at radius 2 is 1.89 bits per heavy atom. The van der Waals surface area contributed by atoms with Gasteiger partial charge in [0.15, 0.2) is 11.6 Å². The van der Waals surface area contributed by atoms with E-state index in [2.05, 4.69) is 15.1 Å². The highest BCUT2D eigenvalue weighted by molar-refractivity contribution is 6.37. The average molecular weight is 401 g/mol. The number of benzene rings is 2. The summed E-state index contributed by atoms with van der Waals surface area (Å²) in [6.07, 6.45) is 0. The molecule has 0 saturated heterocycles. The first-order valence-electron chi connectivity index (χ1n) is 8.14. The fraction of sp³-hybridized carbons (Fsp3) is 0.105. The number of rotatable bonds is 4. The number of fused-ring (bicyclic) bond motifs is 1. The molecule has 8 heteroatoms. The van der Waals surface area contributed by atoms with Crippen LogP contribution in [-0.2, 0) is 6.61 Å². The minimum atomic E-state index is -0.283. The second kappa shape index (κ2) is 7.06. The standard InChI is InChI=1S/C19H14Cl2N4O2/c1-11-7-8-14(20)17(16(11)21)27-10-13-9-15(26)25-19(22-13)23-18(24-25)12-5-3-2-4-6-12/h2-9H,10H2,1H3,(H,22,23,24). The van der Waals surface area contributed by atoms with Crippen LogP contribution in [0.2, 0.25) is 10.0 Å². The van der Waals surface area contributed by atoms with Gasteiger partial charge in [-0.25, -0.2) is 4.98 Å². The summed E-state index contributed by atoms with van der Waals surface area (Å²) < 4.78 is 7.01. The smallest absolute Gasteiger partial charge is 0.274 e. The number of ether oxygens (including phenoxy) is 1. The van der Waals surface area contributed by atoms with Crippen molar-refractivity contribution in [1.29, 1.82) is 0 Å². The first-order valence-corrected chi connectivity index (χ1v) is 8.90. The lowest BCUT2D eigenvalue weighted by Gasteiger charge is -2.11. The van der Waals surface area contributed by atoms with Crippen LogP contribution in [0, 0.1) is 6.92 Å². The van der Waals surface area contributed by atoms with E-state index >= 15 is 0 Å². The van der Waals surface area contributed by atoms with Gasteiger partial charge in [-0.15, -0.1) is 0 Å². The molecule has 1 N–H and O–H groups in total. The lowest BCUT2D eigenvalue weighted by Crippen LogP contribution is -2.16. The molecule has 27 heavy (non-hydrogen) atoms. The number of aromatic nitrogens is 4. The van der Waals surface area contributed by atoms with Crippen LogP contribution in [0.3, 0.4) is 0 Å². The molecule has 0 unspecified atom stereocenters. The van der Waals surface area contributed by atoms with Crippen LogP contribution < -0.4 is 10.3 Å². The molecule has 0 aliphatic heterocycles. The molecule has 0 aliphatic rings. The number of aromatic amines is 1. The van der Waals surface area contributed by atoms with E-state index in [0.717, 1.165) is 11.1 Å². The highest BCUT2D eigenvalue weighted by atomic mass is 35.5. The van der Waals surface area contributed by atoms with E-state index in [-0.39, 0.29) is 17.9 Å². The van der Waals surface area contributed by atoms with Gasteiger partial charge in [0.25, 0.3) is 11.3 Å². The molecule has 2 aromatic carbocycles. The van der Waals surface area contributed by atoms with Crippen LogP contribution in [0.25, 0.3) is 17.2 Å². The van der Waals surface area contributed by atoms with Crippen molar-refractivity contribution in [1.82, 2.24) is 19.6 Å². The zero-order chi connectivity index (χ0) is 19.0. The SMILES string of the molecule is Cc1ccc(Cl)c(OCc2cc(=O)n3[nH]c(-c4ccccc4)nc3n2)c1Cl. The maximum atomic E-state index is 12.4. The fourth-order valence-corrected chi connectivity index (χ4v) is 3.12. The third-order valence-electron chi connectivity index (χ3n) is 4.04. The number of hydrogen-bond donors (Lipinski definition) is 1. The van der Waals surface area contributed by atoms with Gasteiger partial charge in [-0.3, -0.25) is 9.89 Å². The molecule has 0 saturated carbocycles. The number of aryl methyl sites for hydroxylation is 1. The Balaban J connectivity index is 1.66. The molecular formula is C19H14Cl2N4O2. The third-order valence-corrected chi connectivity index (χ3v) is 4.80.